The average Bonchev–Trinajstić information content (AvgIpc) is 1.82. The molecule has 0 aromatic carbocycles. The first-order valence-electron chi connectivity index (χ1n) is 3.30. The van der Waals surface area contributed by atoms with E-state index in [1.54, 1.807) is 0 Å². The first-order chi connectivity index (χ1) is 4.76. The lowest BCUT2D eigenvalue weighted by atomic mass is 9.92. The smallest absolute Gasteiger partial charge is 0.318 e. The standard InChI is InChI=1S/C6H13NO4/c1-4(6(2,3)9)5(8)7(10)11/h4-5,8-9H,1-3H3. The van der Waals surface area contributed by atoms with Crippen LogP contribution >= 0.6 is 0 Å². The van der Waals surface area contributed by atoms with Crippen molar-refractivity contribution in [2.24, 2.45) is 5.92 Å². The van der Waals surface area contributed by atoms with Crippen molar-refractivity contribution < 1.29 is 15.1 Å². The topological polar surface area (TPSA) is 83.6 Å². The molecular formula is C6H13NO4. The van der Waals surface area contributed by atoms with Gasteiger partial charge in [-0.1, -0.05) is 6.92 Å². The highest BCUT2D eigenvalue weighted by molar-refractivity contribution is 4.74. The van der Waals surface area contributed by atoms with Crippen LogP contribution in [0.1, 0.15) is 20.8 Å². The van der Waals surface area contributed by atoms with Crippen molar-refractivity contribution in [2.45, 2.75) is 32.6 Å². The molecule has 66 valence electrons. The zero-order valence-electron chi connectivity index (χ0n) is 6.81. The van der Waals surface area contributed by atoms with Crippen LogP contribution in [0.15, 0.2) is 0 Å². The number of rotatable bonds is 3. The predicted molar refractivity (Wildman–Crippen MR) is 38.5 cm³/mol. The minimum absolute atomic E-state index is 0.780. The highest BCUT2D eigenvalue weighted by Gasteiger charge is 2.36. The van der Waals surface area contributed by atoms with Gasteiger partial charge in [-0.25, -0.2) is 0 Å². The Bertz CT molecular complexity index is 151. The molecule has 0 amide bonds. The van der Waals surface area contributed by atoms with Crippen molar-refractivity contribution in [3.63, 3.8) is 0 Å². The van der Waals surface area contributed by atoms with Crippen molar-refractivity contribution in [3.8, 4) is 0 Å². The van der Waals surface area contributed by atoms with E-state index in [2.05, 4.69) is 0 Å². The summed E-state index contributed by atoms with van der Waals surface area (Å²) in [5.41, 5.74) is -1.23. The lowest BCUT2D eigenvalue weighted by Gasteiger charge is -2.24. The van der Waals surface area contributed by atoms with Gasteiger partial charge in [0.05, 0.1) is 16.4 Å². The largest absolute Gasteiger partial charge is 0.390 e. The Morgan fingerprint density at radius 1 is 1.55 bits per heavy atom. The highest BCUT2D eigenvalue weighted by Crippen LogP contribution is 2.19. The summed E-state index contributed by atoms with van der Waals surface area (Å²) in [6.07, 6.45) is -1.70. The molecule has 2 unspecified atom stereocenters. The number of nitro groups is 1. The van der Waals surface area contributed by atoms with Gasteiger partial charge >= 0.3 is 6.23 Å². The molecule has 0 saturated heterocycles. The van der Waals surface area contributed by atoms with Gasteiger partial charge in [0.15, 0.2) is 0 Å². The molecule has 2 N–H and O–H groups in total. The zero-order chi connectivity index (χ0) is 9.23. The van der Waals surface area contributed by atoms with Gasteiger partial charge in [0.1, 0.15) is 0 Å². The lowest BCUT2D eigenvalue weighted by Crippen LogP contribution is -2.41. The van der Waals surface area contributed by atoms with Crippen LogP contribution in [0.3, 0.4) is 0 Å². The molecule has 2 atom stereocenters. The van der Waals surface area contributed by atoms with E-state index in [0.29, 0.717) is 0 Å². The molecule has 0 saturated carbocycles. The molecule has 0 bridgehead atoms. The normalized spacial score (nSPS) is 17.5. The molecule has 0 aromatic rings. The molecule has 0 radical (unpaired) electrons. The summed E-state index contributed by atoms with van der Waals surface area (Å²) in [7, 11) is 0. The molecule has 0 aliphatic carbocycles. The number of nitrogens with zero attached hydrogens (tertiary/aromatic N) is 1. The number of aliphatic hydroxyl groups is 2. The third-order valence-corrected chi connectivity index (χ3v) is 1.78. The van der Waals surface area contributed by atoms with Crippen molar-refractivity contribution in [1.29, 1.82) is 0 Å². The molecule has 0 aliphatic rings. The lowest BCUT2D eigenvalue weighted by molar-refractivity contribution is -0.584. The van der Waals surface area contributed by atoms with Gasteiger partial charge in [0.2, 0.25) is 0 Å². The summed E-state index contributed by atoms with van der Waals surface area (Å²) in [6, 6.07) is 0. The Hall–Kier alpha value is -0.680. The van der Waals surface area contributed by atoms with E-state index >= 15 is 0 Å². The number of hydrogen-bond donors (Lipinski definition) is 2. The van der Waals surface area contributed by atoms with Crippen LogP contribution in [0.5, 0.6) is 0 Å². The van der Waals surface area contributed by atoms with E-state index in [1.165, 1.54) is 20.8 Å². The van der Waals surface area contributed by atoms with E-state index in [1.807, 2.05) is 0 Å². The van der Waals surface area contributed by atoms with Gasteiger partial charge in [0, 0.05) is 0 Å². The summed E-state index contributed by atoms with van der Waals surface area (Å²) in [5.74, 6) is -0.780. The molecule has 0 spiro atoms. The van der Waals surface area contributed by atoms with Crippen LogP contribution in [0, 0.1) is 16.0 Å². The summed E-state index contributed by atoms with van der Waals surface area (Å²) in [4.78, 5) is 9.22. The first kappa shape index (κ1) is 10.3. The molecule has 11 heavy (non-hydrogen) atoms. The zero-order valence-corrected chi connectivity index (χ0v) is 6.81. The molecule has 0 aromatic heterocycles. The van der Waals surface area contributed by atoms with Crippen LogP contribution in [0.25, 0.3) is 0 Å². The van der Waals surface area contributed by atoms with Gasteiger partial charge in [0.25, 0.3) is 0 Å². The van der Waals surface area contributed by atoms with Gasteiger partial charge in [-0.2, -0.15) is 0 Å². The fraction of sp³-hybridized carbons (Fsp3) is 1.00. The summed E-state index contributed by atoms with van der Waals surface area (Å²) in [5, 5.41) is 28.1. The predicted octanol–water partition coefficient (Wildman–Crippen LogP) is -0.0115. The van der Waals surface area contributed by atoms with Crippen LogP contribution in [0.4, 0.5) is 0 Å². The highest BCUT2D eigenvalue weighted by atomic mass is 16.7. The van der Waals surface area contributed by atoms with E-state index < -0.39 is 22.7 Å². The fourth-order valence-electron chi connectivity index (χ4n) is 0.547. The Morgan fingerprint density at radius 3 is 2.00 bits per heavy atom. The van der Waals surface area contributed by atoms with Gasteiger partial charge in [-0.3, -0.25) is 10.1 Å². The van der Waals surface area contributed by atoms with Crippen LogP contribution < -0.4 is 0 Å². The third-order valence-electron chi connectivity index (χ3n) is 1.78. The fourth-order valence-corrected chi connectivity index (χ4v) is 0.547. The monoisotopic (exact) mass is 163 g/mol. The minimum atomic E-state index is -1.70. The van der Waals surface area contributed by atoms with Crippen molar-refractivity contribution in [1.82, 2.24) is 0 Å². The van der Waals surface area contributed by atoms with Crippen LogP contribution in [-0.2, 0) is 0 Å². The van der Waals surface area contributed by atoms with Crippen molar-refractivity contribution in [2.75, 3.05) is 0 Å². The number of hydrogen-bond acceptors (Lipinski definition) is 4. The van der Waals surface area contributed by atoms with E-state index in [-0.39, 0.29) is 0 Å². The van der Waals surface area contributed by atoms with Gasteiger partial charge < -0.3 is 10.2 Å². The minimum Gasteiger partial charge on any atom is -0.390 e. The van der Waals surface area contributed by atoms with Crippen LogP contribution in [-0.4, -0.2) is 27.0 Å². The molecule has 0 heterocycles. The molecule has 0 fully saturated rings. The number of aliphatic hydroxyl groups excluding tert-OH is 1. The maximum atomic E-state index is 10.0. The van der Waals surface area contributed by atoms with Gasteiger partial charge in [-0.15, -0.1) is 0 Å². The van der Waals surface area contributed by atoms with Gasteiger partial charge in [-0.05, 0) is 13.8 Å². The SMILES string of the molecule is CC(C(O)[N+](=O)[O-])C(C)(C)O. The Morgan fingerprint density at radius 2 is 1.91 bits per heavy atom. The summed E-state index contributed by atoms with van der Waals surface area (Å²) in [6.45, 7) is 4.27. The molecule has 5 nitrogen and oxygen atoms in total. The molecule has 0 rings (SSSR count). The quantitative estimate of drug-likeness (QED) is 0.348. The Labute approximate surface area is 64.8 Å². The molecule has 0 aliphatic heterocycles. The van der Waals surface area contributed by atoms with E-state index in [0.717, 1.165) is 0 Å². The summed E-state index contributed by atoms with van der Waals surface area (Å²) >= 11 is 0. The maximum absolute atomic E-state index is 10.0. The second-order valence-corrected chi connectivity index (χ2v) is 3.14. The maximum Gasteiger partial charge on any atom is 0.318 e. The summed E-state index contributed by atoms with van der Waals surface area (Å²) < 4.78 is 0. The van der Waals surface area contributed by atoms with E-state index in [4.69, 9.17) is 5.11 Å². The first-order valence-corrected chi connectivity index (χ1v) is 3.30. The third kappa shape index (κ3) is 2.81. The second-order valence-electron chi connectivity index (χ2n) is 3.14. The Kier molecular flexibility index (Phi) is 2.95. The average molecular weight is 163 g/mol. The Balaban J connectivity index is 4.25. The van der Waals surface area contributed by atoms with Crippen molar-refractivity contribution in [3.05, 3.63) is 10.1 Å². The van der Waals surface area contributed by atoms with Crippen molar-refractivity contribution >= 4 is 0 Å². The molecular weight excluding hydrogens is 150 g/mol. The second kappa shape index (κ2) is 3.15. The molecule has 5 heteroatoms. The van der Waals surface area contributed by atoms with Crippen LogP contribution in [0.2, 0.25) is 0 Å². The van der Waals surface area contributed by atoms with E-state index in [9.17, 15) is 15.2 Å².